The molecule has 1 heterocycles. The zero-order chi connectivity index (χ0) is 13.2. The zero-order valence-electron chi connectivity index (χ0n) is 11.7. The predicted octanol–water partition coefficient (Wildman–Crippen LogP) is 3.79. The second-order valence-electron chi connectivity index (χ2n) is 5.91. The van der Waals surface area contributed by atoms with Gasteiger partial charge in [0.15, 0.2) is 0 Å². The SMILES string of the molecule is CCNCc1ccc(Br)cc1N1CC2CCCC2C1. The summed E-state index contributed by atoms with van der Waals surface area (Å²) in [5.74, 6) is 1.90. The van der Waals surface area contributed by atoms with Gasteiger partial charge in [0.1, 0.15) is 0 Å². The molecule has 1 aromatic carbocycles. The molecule has 2 unspecified atom stereocenters. The molecule has 1 aromatic rings. The molecule has 19 heavy (non-hydrogen) atoms. The summed E-state index contributed by atoms with van der Waals surface area (Å²) >= 11 is 3.63. The minimum absolute atomic E-state index is 0.950. The molecule has 1 aliphatic carbocycles. The zero-order valence-corrected chi connectivity index (χ0v) is 13.2. The number of halogens is 1. The highest BCUT2D eigenvalue weighted by Gasteiger charge is 2.36. The summed E-state index contributed by atoms with van der Waals surface area (Å²) in [5, 5.41) is 3.46. The molecule has 2 aliphatic rings. The van der Waals surface area contributed by atoms with Crippen LogP contribution in [0.25, 0.3) is 0 Å². The van der Waals surface area contributed by atoms with Crippen molar-refractivity contribution in [2.24, 2.45) is 11.8 Å². The van der Waals surface area contributed by atoms with Crippen LogP contribution in [-0.4, -0.2) is 19.6 Å². The van der Waals surface area contributed by atoms with Gasteiger partial charge in [0.05, 0.1) is 0 Å². The number of nitrogens with zero attached hydrogens (tertiary/aromatic N) is 1. The topological polar surface area (TPSA) is 15.3 Å². The third-order valence-electron chi connectivity index (χ3n) is 4.68. The van der Waals surface area contributed by atoms with Gasteiger partial charge < -0.3 is 10.2 Å². The number of benzene rings is 1. The van der Waals surface area contributed by atoms with Crippen LogP contribution in [0.1, 0.15) is 31.7 Å². The highest BCUT2D eigenvalue weighted by Crippen LogP contribution is 2.40. The van der Waals surface area contributed by atoms with Crippen molar-refractivity contribution >= 4 is 21.6 Å². The van der Waals surface area contributed by atoms with E-state index >= 15 is 0 Å². The fourth-order valence-corrected chi connectivity index (χ4v) is 4.02. The maximum absolute atomic E-state index is 3.63. The molecule has 2 nitrogen and oxygen atoms in total. The van der Waals surface area contributed by atoms with Crippen molar-refractivity contribution in [3.05, 3.63) is 28.2 Å². The van der Waals surface area contributed by atoms with E-state index < -0.39 is 0 Å². The Morgan fingerprint density at radius 2 is 2.00 bits per heavy atom. The van der Waals surface area contributed by atoms with E-state index in [-0.39, 0.29) is 0 Å². The minimum atomic E-state index is 0.950. The standard InChI is InChI=1S/C16H23BrN2/c1-2-18-9-12-6-7-15(17)8-16(12)19-10-13-4-3-5-14(13)11-19/h6-8,13-14,18H,2-5,9-11H2,1H3. The third kappa shape index (κ3) is 2.82. The molecule has 1 saturated heterocycles. The van der Waals surface area contributed by atoms with Crippen LogP contribution in [0.15, 0.2) is 22.7 Å². The molecule has 0 amide bonds. The maximum Gasteiger partial charge on any atom is 0.0423 e. The van der Waals surface area contributed by atoms with E-state index in [4.69, 9.17) is 0 Å². The first-order valence-electron chi connectivity index (χ1n) is 7.52. The maximum atomic E-state index is 3.63. The number of rotatable bonds is 4. The van der Waals surface area contributed by atoms with Gasteiger partial charge >= 0.3 is 0 Å². The van der Waals surface area contributed by atoms with Gasteiger partial charge in [-0.1, -0.05) is 35.3 Å². The van der Waals surface area contributed by atoms with Crippen LogP contribution in [0.4, 0.5) is 5.69 Å². The molecule has 0 bridgehead atoms. The number of hydrogen-bond acceptors (Lipinski definition) is 2. The van der Waals surface area contributed by atoms with Crippen molar-refractivity contribution in [3.63, 3.8) is 0 Å². The summed E-state index contributed by atoms with van der Waals surface area (Å²) in [6, 6.07) is 6.72. The van der Waals surface area contributed by atoms with E-state index in [1.54, 1.807) is 0 Å². The summed E-state index contributed by atoms with van der Waals surface area (Å²) in [6.07, 6.45) is 4.33. The predicted molar refractivity (Wildman–Crippen MR) is 84.6 cm³/mol. The molecule has 1 N–H and O–H groups in total. The summed E-state index contributed by atoms with van der Waals surface area (Å²) in [4.78, 5) is 2.62. The lowest BCUT2D eigenvalue weighted by Gasteiger charge is -2.23. The largest absolute Gasteiger partial charge is 0.371 e. The van der Waals surface area contributed by atoms with E-state index in [2.05, 4.69) is 51.3 Å². The summed E-state index contributed by atoms with van der Waals surface area (Å²) in [6.45, 7) is 6.70. The second-order valence-corrected chi connectivity index (χ2v) is 6.83. The summed E-state index contributed by atoms with van der Waals surface area (Å²) in [7, 11) is 0. The second kappa shape index (κ2) is 5.84. The van der Waals surface area contributed by atoms with Crippen LogP contribution in [0, 0.1) is 11.8 Å². The van der Waals surface area contributed by atoms with Gasteiger partial charge in [0.25, 0.3) is 0 Å². The van der Waals surface area contributed by atoms with Crippen LogP contribution in [0.3, 0.4) is 0 Å². The molecule has 3 rings (SSSR count). The van der Waals surface area contributed by atoms with Crippen LogP contribution in [-0.2, 0) is 6.54 Å². The van der Waals surface area contributed by atoms with Crippen molar-refractivity contribution < 1.29 is 0 Å². The van der Waals surface area contributed by atoms with Gasteiger partial charge in [0.2, 0.25) is 0 Å². The highest BCUT2D eigenvalue weighted by molar-refractivity contribution is 9.10. The van der Waals surface area contributed by atoms with Crippen molar-refractivity contribution in [2.45, 2.75) is 32.7 Å². The molecule has 0 aromatic heterocycles. The fraction of sp³-hybridized carbons (Fsp3) is 0.625. The Morgan fingerprint density at radius 1 is 1.26 bits per heavy atom. The third-order valence-corrected chi connectivity index (χ3v) is 5.17. The van der Waals surface area contributed by atoms with Crippen LogP contribution in [0.5, 0.6) is 0 Å². The van der Waals surface area contributed by atoms with Crippen LogP contribution >= 0.6 is 15.9 Å². The Kier molecular flexibility index (Phi) is 4.13. The van der Waals surface area contributed by atoms with Crippen molar-refractivity contribution in [1.82, 2.24) is 5.32 Å². The number of fused-ring (bicyclic) bond motifs is 1. The first-order valence-corrected chi connectivity index (χ1v) is 8.31. The van der Waals surface area contributed by atoms with E-state index in [0.29, 0.717) is 0 Å². The van der Waals surface area contributed by atoms with Crippen LogP contribution in [0.2, 0.25) is 0 Å². The Morgan fingerprint density at radius 3 is 2.68 bits per heavy atom. The molecule has 2 atom stereocenters. The number of anilines is 1. The smallest absolute Gasteiger partial charge is 0.0423 e. The fourth-order valence-electron chi connectivity index (χ4n) is 3.67. The first kappa shape index (κ1) is 13.4. The van der Waals surface area contributed by atoms with Crippen molar-refractivity contribution in [2.75, 3.05) is 24.5 Å². The molecule has 0 radical (unpaired) electrons. The Labute approximate surface area is 124 Å². The lowest BCUT2D eigenvalue weighted by atomic mass is 10.0. The molecule has 104 valence electrons. The van der Waals surface area contributed by atoms with Gasteiger partial charge in [-0.3, -0.25) is 0 Å². The summed E-state index contributed by atoms with van der Waals surface area (Å²) < 4.78 is 1.19. The molecule has 3 heteroatoms. The lowest BCUT2D eigenvalue weighted by Crippen LogP contribution is -2.23. The minimum Gasteiger partial charge on any atom is -0.371 e. The molecule has 2 fully saturated rings. The molecular weight excluding hydrogens is 300 g/mol. The van der Waals surface area contributed by atoms with E-state index in [0.717, 1.165) is 24.9 Å². The van der Waals surface area contributed by atoms with E-state index in [1.165, 1.54) is 48.1 Å². The van der Waals surface area contributed by atoms with Crippen LogP contribution < -0.4 is 10.2 Å². The first-order chi connectivity index (χ1) is 9.28. The van der Waals surface area contributed by atoms with Gasteiger partial charge in [-0.15, -0.1) is 0 Å². The normalized spacial score (nSPS) is 25.9. The average molecular weight is 323 g/mol. The van der Waals surface area contributed by atoms with E-state index in [1.807, 2.05) is 0 Å². The Hall–Kier alpha value is -0.540. The molecular formula is C16H23BrN2. The van der Waals surface area contributed by atoms with Gasteiger partial charge in [-0.2, -0.15) is 0 Å². The van der Waals surface area contributed by atoms with Gasteiger partial charge in [0, 0.05) is 29.8 Å². The quantitative estimate of drug-likeness (QED) is 0.907. The molecule has 1 aliphatic heterocycles. The number of nitrogens with one attached hydrogen (secondary N) is 1. The van der Waals surface area contributed by atoms with Gasteiger partial charge in [-0.05, 0) is 48.9 Å². The molecule has 0 spiro atoms. The Bertz CT molecular complexity index is 434. The number of hydrogen-bond donors (Lipinski definition) is 1. The van der Waals surface area contributed by atoms with Crippen molar-refractivity contribution in [3.8, 4) is 0 Å². The average Bonchev–Trinajstić information content (AvgIpc) is 2.98. The molecule has 1 saturated carbocycles. The van der Waals surface area contributed by atoms with Gasteiger partial charge in [-0.25, -0.2) is 0 Å². The Balaban J connectivity index is 1.80. The summed E-state index contributed by atoms with van der Waals surface area (Å²) in [5.41, 5.74) is 2.87. The van der Waals surface area contributed by atoms with Crippen molar-refractivity contribution in [1.29, 1.82) is 0 Å². The lowest BCUT2D eigenvalue weighted by molar-refractivity contribution is 0.494. The monoisotopic (exact) mass is 322 g/mol. The highest BCUT2D eigenvalue weighted by atomic mass is 79.9. The van der Waals surface area contributed by atoms with E-state index in [9.17, 15) is 0 Å².